The van der Waals surface area contributed by atoms with E-state index in [4.69, 9.17) is 35.4 Å². The summed E-state index contributed by atoms with van der Waals surface area (Å²) in [6.07, 6.45) is 3.30. The van der Waals surface area contributed by atoms with Gasteiger partial charge in [0.25, 0.3) is 5.91 Å². The molecule has 120 valence electrons. The van der Waals surface area contributed by atoms with E-state index in [1.165, 1.54) is 16.8 Å². The van der Waals surface area contributed by atoms with Crippen molar-refractivity contribution in [3.63, 3.8) is 0 Å². The van der Waals surface area contributed by atoms with Gasteiger partial charge in [0, 0.05) is 10.0 Å². The standard InChI is InChI=1S/C17H10Cl2N2OS2/c18-13-5-1-3-11(7-13)9-15-16(22)21(17(23)24-15)20-10-12-4-2-6-14(19)8-12/h1-10H. The molecule has 0 N–H and O–H groups in total. The highest BCUT2D eigenvalue weighted by molar-refractivity contribution is 8.26. The van der Waals surface area contributed by atoms with Crippen LogP contribution in [-0.2, 0) is 4.79 Å². The Balaban J connectivity index is 1.81. The third-order valence-electron chi connectivity index (χ3n) is 3.09. The van der Waals surface area contributed by atoms with E-state index in [0.29, 0.717) is 19.3 Å². The maximum atomic E-state index is 12.5. The molecule has 3 nitrogen and oxygen atoms in total. The van der Waals surface area contributed by atoms with Gasteiger partial charge in [-0.2, -0.15) is 10.1 Å². The minimum Gasteiger partial charge on any atom is -0.266 e. The molecule has 2 aromatic carbocycles. The minimum absolute atomic E-state index is 0.261. The smallest absolute Gasteiger partial charge is 0.266 e. The molecule has 2 aromatic rings. The highest BCUT2D eigenvalue weighted by Crippen LogP contribution is 2.33. The van der Waals surface area contributed by atoms with E-state index in [9.17, 15) is 4.79 Å². The molecular weight excluding hydrogens is 383 g/mol. The molecule has 1 fully saturated rings. The number of carbonyl (C=O) groups is 1. The van der Waals surface area contributed by atoms with Crippen LogP contribution >= 0.6 is 47.2 Å². The van der Waals surface area contributed by atoms with Gasteiger partial charge >= 0.3 is 0 Å². The molecule has 1 aliphatic heterocycles. The molecule has 0 aliphatic carbocycles. The highest BCUT2D eigenvalue weighted by Gasteiger charge is 2.32. The van der Waals surface area contributed by atoms with E-state index in [1.807, 2.05) is 24.3 Å². The predicted octanol–water partition coefficient (Wildman–Crippen LogP) is 5.23. The van der Waals surface area contributed by atoms with Gasteiger partial charge in [0.05, 0.1) is 11.1 Å². The van der Waals surface area contributed by atoms with Crippen LogP contribution in [0.25, 0.3) is 6.08 Å². The van der Waals surface area contributed by atoms with Gasteiger partial charge in [0.2, 0.25) is 0 Å². The van der Waals surface area contributed by atoms with Crippen LogP contribution in [0.3, 0.4) is 0 Å². The lowest BCUT2D eigenvalue weighted by molar-refractivity contribution is -0.122. The number of hydrazone groups is 1. The van der Waals surface area contributed by atoms with Gasteiger partial charge in [0.15, 0.2) is 4.32 Å². The molecule has 1 aliphatic rings. The Hall–Kier alpha value is -1.66. The quantitative estimate of drug-likeness (QED) is 0.407. The van der Waals surface area contributed by atoms with Crippen molar-refractivity contribution >= 4 is 69.7 Å². The summed E-state index contributed by atoms with van der Waals surface area (Å²) in [6, 6.07) is 14.4. The molecule has 1 amide bonds. The highest BCUT2D eigenvalue weighted by atomic mass is 35.5. The average Bonchev–Trinajstić information content (AvgIpc) is 2.79. The zero-order valence-electron chi connectivity index (χ0n) is 12.1. The summed E-state index contributed by atoms with van der Waals surface area (Å²) >= 11 is 18.3. The molecule has 0 radical (unpaired) electrons. The fourth-order valence-electron chi connectivity index (χ4n) is 2.02. The fraction of sp³-hybridized carbons (Fsp3) is 0. The van der Waals surface area contributed by atoms with Crippen molar-refractivity contribution in [2.24, 2.45) is 5.10 Å². The summed E-state index contributed by atoms with van der Waals surface area (Å²) in [4.78, 5) is 13.0. The third kappa shape index (κ3) is 4.05. The van der Waals surface area contributed by atoms with Crippen LogP contribution in [0.15, 0.2) is 58.5 Å². The van der Waals surface area contributed by atoms with Crippen molar-refractivity contribution in [1.29, 1.82) is 0 Å². The first-order chi connectivity index (χ1) is 11.5. The Morgan fingerprint density at radius 2 is 1.67 bits per heavy atom. The number of halogens is 2. The molecule has 1 saturated heterocycles. The summed E-state index contributed by atoms with van der Waals surface area (Å²) in [7, 11) is 0. The van der Waals surface area contributed by atoms with Gasteiger partial charge in [0.1, 0.15) is 0 Å². The van der Waals surface area contributed by atoms with Crippen molar-refractivity contribution in [3.05, 3.63) is 74.6 Å². The summed E-state index contributed by atoms with van der Waals surface area (Å²) in [5.41, 5.74) is 1.62. The maximum Gasteiger partial charge on any atom is 0.286 e. The fourth-order valence-corrected chi connectivity index (χ4v) is 3.59. The van der Waals surface area contributed by atoms with Gasteiger partial charge < -0.3 is 0 Å². The van der Waals surface area contributed by atoms with E-state index in [1.54, 1.807) is 36.6 Å². The van der Waals surface area contributed by atoms with Crippen molar-refractivity contribution in [1.82, 2.24) is 5.01 Å². The van der Waals surface area contributed by atoms with Crippen LogP contribution in [0, 0.1) is 0 Å². The largest absolute Gasteiger partial charge is 0.286 e. The summed E-state index contributed by atoms with van der Waals surface area (Å²) in [5.74, 6) is -0.261. The van der Waals surface area contributed by atoms with Crippen LogP contribution in [0.5, 0.6) is 0 Å². The molecule has 0 saturated carbocycles. The van der Waals surface area contributed by atoms with E-state index < -0.39 is 0 Å². The topological polar surface area (TPSA) is 32.7 Å². The lowest BCUT2D eigenvalue weighted by Gasteiger charge is -2.06. The Kier molecular flexibility index (Phi) is 5.36. The molecule has 24 heavy (non-hydrogen) atoms. The lowest BCUT2D eigenvalue weighted by Crippen LogP contribution is -2.22. The van der Waals surface area contributed by atoms with E-state index in [0.717, 1.165) is 11.1 Å². The predicted molar refractivity (Wildman–Crippen MR) is 106 cm³/mol. The minimum atomic E-state index is -0.261. The average molecular weight is 393 g/mol. The zero-order chi connectivity index (χ0) is 17.1. The first-order valence-electron chi connectivity index (χ1n) is 6.86. The molecule has 0 atom stereocenters. The molecule has 0 unspecified atom stereocenters. The molecule has 0 aromatic heterocycles. The third-order valence-corrected chi connectivity index (χ3v) is 4.84. The normalized spacial score (nSPS) is 16.6. The molecule has 0 spiro atoms. The second kappa shape index (κ2) is 7.49. The SMILES string of the molecule is O=C1C(=Cc2cccc(Cl)c2)SC(=S)N1N=Cc1cccc(Cl)c1. The van der Waals surface area contributed by atoms with Crippen LogP contribution < -0.4 is 0 Å². The molecule has 0 bridgehead atoms. The number of nitrogens with zero attached hydrogens (tertiary/aromatic N) is 2. The first-order valence-corrected chi connectivity index (χ1v) is 8.84. The number of rotatable bonds is 3. The zero-order valence-corrected chi connectivity index (χ0v) is 15.3. The second-order valence-corrected chi connectivity index (χ2v) is 7.40. The summed E-state index contributed by atoms with van der Waals surface area (Å²) in [5, 5.41) is 6.59. The number of hydrogen-bond donors (Lipinski definition) is 0. The van der Waals surface area contributed by atoms with Crippen LogP contribution in [0.1, 0.15) is 11.1 Å². The maximum absolute atomic E-state index is 12.5. The van der Waals surface area contributed by atoms with Gasteiger partial charge in [-0.15, -0.1) is 0 Å². The van der Waals surface area contributed by atoms with Crippen LogP contribution in [0.4, 0.5) is 0 Å². The van der Waals surface area contributed by atoms with Crippen molar-refractivity contribution in [2.45, 2.75) is 0 Å². The second-order valence-electron chi connectivity index (χ2n) is 4.85. The van der Waals surface area contributed by atoms with Crippen LogP contribution in [0.2, 0.25) is 10.0 Å². The van der Waals surface area contributed by atoms with E-state index in [-0.39, 0.29) is 5.91 Å². The van der Waals surface area contributed by atoms with Gasteiger partial charge in [-0.1, -0.05) is 59.2 Å². The van der Waals surface area contributed by atoms with Gasteiger partial charge in [-0.05, 0) is 53.7 Å². The lowest BCUT2D eigenvalue weighted by atomic mass is 10.2. The summed E-state index contributed by atoms with van der Waals surface area (Å²) < 4.78 is 0.381. The van der Waals surface area contributed by atoms with Crippen molar-refractivity contribution in [3.8, 4) is 0 Å². The Bertz CT molecular complexity index is 880. The molecule has 7 heteroatoms. The first kappa shape index (κ1) is 17.2. The van der Waals surface area contributed by atoms with Crippen molar-refractivity contribution in [2.75, 3.05) is 0 Å². The Morgan fingerprint density at radius 3 is 2.33 bits per heavy atom. The van der Waals surface area contributed by atoms with Crippen molar-refractivity contribution < 1.29 is 4.79 Å². The molecule has 3 rings (SSSR count). The number of carbonyl (C=O) groups excluding carboxylic acids is 1. The van der Waals surface area contributed by atoms with E-state index >= 15 is 0 Å². The number of thiocarbonyl (C=S) groups is 1. The van der Waals surface area contributed by atoms with Gasteiger partial charge in [-0.3, -0.25) is 4.79 Å². The molecular formula is C17H10Cl2N2OS2. The number of benzene rings is 2. The summed E-state index contributed by atoms with van der Waals surface area (Å²) in [6.45, 7) is 0. The Labute approximate surface area is 158 Å². The number of hydrogen-bond acceptors (Lipinski definition) is 4. The van der Waals surface area contributed by atoms with Crippen LogP contribution in [-0.4, -0.2) is 21.5 Å². The molecule has 1 heterocycles. The van der Waals surface area contributed by atoms with E-state index in [2.05, 4.69) is 5.10 Å². The number of thioether (sulfide) groups is 1. The monoisotopic (exact) mass is 392 g/mol. The van der Waals surface area contributed by atoms with Gasteiger partial charge in [-0.25, -0.2) is 0 Å². The number of amides is 1. The Morgan fingerprint density at radius 1 is 1.04 bits per heavy atom.